The molecule has 8 nitrogen and oxygen atoms in total. The molecular weight excluding hydrogens is 562 g/mol. The quantitative estimate of drug-likeness (QED) is 0.330. The van der Waals surface area contributed by atoms with Gasteiger partial charge in [-0.25, -0.2) is 22.8 Å². The van der Waals surface area contributed by atoms with Crippen LogP contribution in [-0.4, -0.2) is 52.1 Å². The van der Waals surface area contributed by atoms with Crippen LogP contribution in [0.4, 0.5) is 25.1 Å². The summed E-state index contributed by atoms with van der Waals surface area (Å²) in [5.74, 6) is -2.93. The van der Waals surface area contributed by atoms with Crippen molar-refractivity contribution in [3.8, 4) is 11.1 Å². The SMILES string of the molecule is Cc1c(-c2ccccc2)cnc(N2CCCC(F)(F)CC2)c1C(=O)Nc1cccc(S(C)(=O)=NC(=O)OC(C)(C)C)c1. The fraction of sp³-hybridized carbons (Fsp3) is 0.387. The van der Waals surface area contributed by atoms with Gasteiger partial charge >= 0.3 is 6.09 Å². The minimum absolute atomic E-state index is 0.0595. The average Bonchev–Trinajstić information content (AvgIpc) is 3.07. The Bertz CT molecular complexity index is 1600. The first-order valence-corrected chi connectivity index (χ1v) is 15.6. The summed E-state index contributed by atoms with van der Waals surface area (Å²) in [6.45, 7) is 7.26. The second kappa shape index (κ2) is 12.2. The molecule has 42 heavy (non-hydrogen) atoms. The molecule has 2 aromatic carbocycles. The Morgan fingerprint density at radius 2 is 1.79 bits per heavy atom. The number of carbonyl (C=O) groups excluding carboxylic acids is 2. The molecule has 1 fully saturated rings. The molecule has 1 N–H and O–H groups in total. The Balaban J connectivity index is 1.71. The van der Waals surface area contributed by atoms with Gasteiger partial charge in [-0.3, -0.25) is 4.79 Å². The molecule has 3 aromatic rings. The van der Waals surface area contributed by atoms with Crippen LogP contribution in [0.2, 0.25) is 0 Å². The lowest BCUT2D eigenvalue weighted by atomic mass is 9.97. The number of carbonyl (C=O) groups is 2. The fourth-order valence-corrected chi connectivity index (χ4v) is 5.87. The fourth-order valence-electron chi connectivity index (χ4n) is 4.76. The van der Waals surface area contributed by atoms with E-state index in [1.54, 1.807) is 50.1 Å². The molecule has 0 radical (unpaired) electrons. The number of hydrogen-bond acceptors (Lipinski definition) is 6. The van der Waals surface area contributed by atoms with Crippen LogP contribution in [0.5, 0.6) is 0 Å². The average molecular weight is 599 g/mol. The summed E-state index contributed by atoms with van der Waals surface area (Å²) in [5.41, 5.74) is 2.04. The first kappa shape index (κ1) is 31.1. The van der Waals surface area contributed by atoms with Crippen molar-refractivity contribution in [2.75, 3.05) is 29.6 Å². The van der Waals surface area contributed by atoms with Crippen LogP contribution in [-0.2, 0) is 14.5 Å². The van der Waals surface area contributed by atoms with Crippen molar-refractivity contribution in [1.29, 1.82) is 0 Å². The van der Waals surface area contributed by atoms with Gasteiger partial charge in [-0.2, -0.15) is 0 Å². The Hall–Kier alpha value is -3.86. The molecule has 224 valence electrons. The summed E-state index contributed by atoms with van der Waals surface area (Å²) >= 11 is 0. The van der Waals surface area contributed by atoms with Crippen molar-refractivity contribution in [2.24, 2.45) is 4.36 Å². The third kappa shape index (κ3) is 7.70. The minimum atomic E-state index is -3.19. The van der Waals surface area contributed by atoms with Gasteiger partial charge in [0.2, 0.25) is 5.92 Å². The van der Waals surface area contributed by atoms with Crippen molar-refractivity contribution in [3.05, 3.63) is 71.9 Å². The first-order chi connectivity index (χ1) is 19.7. The Labute approximate surface area is 245 Å². The number of halogens is 2. The number of alkyl halides is 2. The summed E-state index contributed by atoms with van der Waals surface area (Å²) in [4.78, 5) is 32.7. The monoisotopic (exact) mass is 598 g/mol. The van der Waals surface area contributed by atoms with Crippen LogP contribution >= 0.6 is 0 Å². The maximum Gasteiger partial charge on any atom is 0.442 e. The van der Waals surface area contributed by atoms with E-state index in [1.807, 2.05) is 37.3 Å². The zero-order chi connectivity index (χ0) is 30.7. The predicted octanol–water partition coefficient (Wildman–Crippen LogP) is 7.33. The zero-order valence-corrected chi connectivity index (χ0v) is 25.3. The smallest absolute Gasteiger partial charge is 0.442 e. The molecule has 1 unspecified atom stereocenters. The Morgan fingerprint density at radius 3 is 2.48 bits per heavy atom. The number of rotatable bonds is 5. The van der Waals surface area contributed by atoms with Crippen LogP contribution in [0.25, 0.3) is 11.1 Å². The molecule has 1 aromatic heterocycles. The largest absolute Gasteiger partial charge is 0.442 e. The molecule has 1 saturated heterocycles. The second-order valence-electron chi connectivity index (χ2n) is 11.4. The van der Waals surface area contributed by atoms with Gasteiger partial charge in [-0.1, -0.05) is 36.4 Å². The summed E-state index contributed by atoms with van der Waals surface area (Å²) in [5, 5.41) is 2.86. The number of nitrogens with one attached hydrogen (secondary N) is 1. The molecule has 0 aliphatic carbocycles. The number of benzene rings is 2. The summed E-state index contributed by atoms with van der Waals surface area (Å²) in [6.07, 6.45) is 1.76. The first-order valence-electron chi connectivity index (χ1n) is 13.7. The third-order valence-electron chi connectivity index (χ3n) is 6.82. The molecule has 1 aliphatic rings. The van der Waals surface area contributed by atoms with Crippen molar-refractivity contribution in [1.82, 2.24) is 4.98 Å². The highest BCUT2D eigenvalue weighted by molar-refractivity contribution is 7.93. The molecule has 11 heteroatoms. The van der Waals surface area contributed by atoms with Gasteiger partial charge in [0, 0.05) is 54.5 Å². The second-order valence-corrected chi connectivity index (χ2v) is 13.7. The number of pyridine rings is 1. The van der Waals surface area contributed by atoms with Crippen LogP contribution in [0, 0.1) is 6.92 Å². The lowest BCUT2D eigenvalue weighted by Crippen LogP contribution is -2.30. The van der Waals surface area contributed by atoms with Crippen LogP contribution in [0.3, 0.4) is 0 Å². The molecule has 0 spiro atoms. The lowest BCUT2D eigenvalue weighted by Gasteiger charge is -2.26. The van der Waals surface area contributed by atoms with Gasteiger partial charge in [-0.15, -0.1) is 4.36 Å². The zero-order valence-electron chi connectivity index (χ0n) is 24.4. The molecule has 1 aliphatic heterocycles. The molecule has 1 atom stereocenters. The molecular formula is C31H36F2N4O4S. The van der Waals surface area contributed by atoms with Crippen LogP contribution in [0.15, 0.2) is 70.1 Å². The van der Waals surface area contributed by atoms with Gasteiger partial charge in [0.05, 0.1) is 15.3 Å². The number of amides is 2. The number of ether oxygens (including phenoxy) is 1. The molecule has 0 saturated carbocycles. The molecule has 2 amide bonds. The maximum atomic E-state index is 14.2. The molecule has 0 bridgehead atoms. The maximum absolute atomic E-state index is 14.2. The van der Waals surface area contributed by atoms with Gasteiger partial charge in [0.25, 0.3) is 5.91 Å². The van der Waals surface area contributed by atoms with Gasteiger partial charge in [-0.05, 0) is 63.4 Å². The highest BCUT2D eigenvalue weighted by Gasteiger charge is 2.33. The Morgan fingerprint density at radius 1 is 1.07 bits per heavy atom. The lowest BCUT2D eigenvalue weighted by molar-refractivity contribution is -0.0102. The van der Waals surface area contributed by atoms with Crippen molar-refractivity contribution < 1.29 is 27.3 Å². The van der Waals surface area contributed by atoms with E-state index in [2.05, 4.69) is 14.7 Å². The third-order valence-corrected chi connectivity index (χ3v) is 8.45. The van der Waals surface area contributed by atoms with Crippen LogP contribution < -0.4 is 10.2 Å². The predicted molar refractivity (Wildman–Crippen MR) is 161 cm³/mol. The summed E-state index contributed by atoms with van der Waals surface area (Å²) < 4.78 is 50.6. The minimum Gasteiger partial charge on any atom is -0.442 e. The van der Waals surface area contributed by atoms with E-state index < -0.39 is 33.3 Å². The van der Waals surface area contributed by atoms with Crippen molar-refractivity contribution in [2.45, 2.75) is 63.4 Å². The van der Waals surface area contributed by atoms with E-state index in [9.17, 15) is 22.6 Å². The summed E-state index contributed by atoms with van der Waals surface area (Å²) in [7, 11) is -3.19. The highest BCUT2D eigenvalue weighted by Crippen LogP contribution is 2.34. The number of hydrogen-bond donors (Lipinski definition) is 1. The van der Waals surface area contributed by atoms with Crippen LogP contribution in [0.1, 0.15) is 56.0 Å². The molecule has 4 rings (SSSR count). The normalized spacial score (nSPS) is 16.6. The molecule has 2 heterocycles. The standard InChI is InChI=1S/C31H36F2N4O4S/c1-21-25(22-11-7-6-8-12-22)20-34-27(37-17-10-15-31(32,33)16-18-37)26(21)28(38)35-23-13-9-14-24(19-23)42(5,40)36-29(39)41-30(2,3)4/h6-9,11-14,19-20H,10,15-18H2,1-5H3,(H,35,38). The van der Waals surface area contributed by atoms with Crippen molar-refractivity contribution in [3.63, 3.8) is 0 Å². The van der Waals surface area contributed by atoms with Gasteiger partial charge < -0.3 is 15.0 Å². The van der Waals surface area contributed by atoms with E-state index in [4.69, 9.17) is 4.74 Å². The number of nitrogens with zero attached hydrogens (tertiary/aromatic N) is 3. The van der Waals surface area contributed by atoms with E-state index >= 15 is 0 Å². The van der Waals surface area contributed by atoms with Gasteiger partial charge in [0.15, 0.2) is 0 Å². The number of aromatic nitrogens is 1. The highest BCUT2D eigenvalue weighted by atomic mass is 32.2. The summed E-state index contributed by atoms with van der Waals surface area (Å²) in [6, 6.07) is 15.7. The van der Waals surface area contributed by atoms with Gasteiger partial charge in [0.1, 0.15) is 11.4 Å². The van der Waals surface area contributed by atoms with E-state index in [-0.39, 0.29) is 36.3 Å². The Kier molecular flexibility index (Phi) is 9.01. The topological polar surface area (TPSA) is 101 Å². The van der Waals surface area contributed by atoms with E-state index in [0.29, 0.717) is 23.6 Å². The van der Waals surface area contributed by atoms with E-state index in [0.717, 1.165) is 11.1 Å². The van der Waals surface area contributed by atoms with Crippen molar-refractivity contribution >= 4 is 33.2 Å². The van der Waals surface area contributed by atoms with E-state index in [1.165, 1.54) is 12.3 Å². The number of anilines is 2.